The summed E-state index contributed by atoms with van der Waals surface area (Å²) in [5, 5.41) is 7.22. The average Bonchev–Trinajstić information content (AvgIpc) is 2.98. The van der Waals surface area contributed by atoms with Crippen LogP contribution in [0.4, 0.5) is 8.78 Å². The molecule has 2 rings (SSSR count). The molecule has 1 aromatic rings. The minimum absolute atomic E-state index is 0. The van der Waals surface area contributed by atoms with Gasteiger partial charge in [-0.15, -0.1) is 23.7 Å². The Morgan fingerprint density at radius 1 is 1.48 bits per heavy atom. The maximum Gasteiger partial charge on any atom is 0.341 e. The van der Waals surface area contributed by atoms with Crippen LogP contribution in [-0.4, -0.2) is 39.7 Å². The number of carbonyl (C=O) groups is 1. The Morgan fingerprint density at radius 3 is 2.83 bits per heavy atom. The number of amides is 1. The van der Waals surface area contributed by atoms with Crippen LogP contribution in [0.3, 0.4) is 0 Å². The molecule has 0 aliphatic carbocycles. The first-order chi connectivity index (χ1) is 10.4. The van der Waals surface area contributed by atoms with Gasteiger partial charge in [0.2, 0.25) is 9.84 Å². The summed E-state index contributed by atoms with van der Waals surface area (Å²) >= 11 is 0.851. The predicted molar refractivity (Wildman–Crippen MR) is 87.3 cm³/mol. The second-order valence-corrected chi connectivity index (χ2v) is 7.98. The number of alkyl halides is 2. The Kier molecular flexibility index (Phi) is 7.85. The van der Waals surface area contributed by atoms with Gasteiger partial charge in [-0.25, -0.2) is 8.42 Å². The van der Waals surface area contributed by atoms with Crippen LogP contribution >= 0.6 is 23.7 Å². The Hall–Kier alpha value is -0.770. The van der Waals surface area contributed by atoms with Crippen molar-refractivity contribution in [2.24, 2.45) is 5.92 Å². The number of sulfone groups is 1. The van der Waals surface area contributed by atoms with Crippen LogP contribution in [-0.2, 0) is 9.84 Å². The molecule has 132 valence electrons. The van der Waals surface area contributed by atoms with Crippen molar-refractivity contribution in [3.8, 4) is 0 Å². The lowest BCUT2D eigenvalue weighted by molar-refractivity contribution is 0.0951. The Morgan fingerprint density at radius 2 is 2.22 bits per heavy atom. The predicted octanol–water partition coefficient (Wildman–Crippen LogP) is 2.29. The highest BCUT2D eigenvalue weighted by Gasteiger charge is 2.32. The van der Waals surface area contributed by atoms with Crippen molar-refractivity contribution in [3.63, 3.8) is 0 Å². The first kappa shape index (κ1) is 20.3. The van der Waals surface area contributed by atoms with Crippen LogP contribution in [0.1, 0.15) is 28.9 Å². The van der Waals surface area contributed by atoms with E-state index in [1.807, 2.05) is 0 Å². The zero-order valence-electron chi connectivity index (χ0n) is 12.3. The van der Waals surface area contributed by atoms with Crippen molar-refractivity contribution in [1.82, 2.24) is 10.6 Å². The third-order valence-corrected chi connectivity index (χ3v) is 6.08. The molecule has 0 saturated carbocycles. The summed E-state index contributed by atoms with van der Waals surface area (Å²) in [5.41, 5.74) is 0. The van der Waals surface area contributed by atoms with Gasteiger partial charge >= 0.3 is 5.76 Å². The molecule has 1 aliphatic heterocycles. The summed E-state index contributed by atoms with van der Waals surface area (Å²) in [5.74, 6) is -3.67. The number of thiophene rings is 1. The van der Waals surface area contributed by atoms with Crippen LogP contribution in [0, 0.1) is 5.92 Å². The molecule has 0 radical (unpaired) electrons. The highest BCUT2D eigenvalue weighted by Crippen LogP contribution is 2.26. The van der Waals surface area contributed by atoms with Crippen molar-refractivity contribution in [2.75, 3.05) is 19.6 Å². The molecule has 23 heavy (non-hydrogen) atoms. The second kappa shape index (κ2) is 8.91. The van der Waals surface area contributed by atoms with E-state index >= 15 is 0 Å². The van der Waals surface area contributed by atoms with Gasteiger partial charge in [0, 0.05) is 6.54 Å². The van der Waals surface area contributed by atoms with Crippen LogP contribution in [0.2, 0.25) is 0 Å². The monoisotopic (exact) mass is 388 g/mol. The topological polar surface area (TPSA) is 75.3 Å². The molecule has 2 heterocycles. The number of halogens is 3. The van der Waals surface area contributed by atoms with E-state index in [1.54, 1.807) is 0 Å². The van der Waals surface area contributed by atoms with Gasteiger partial charge in [-0.3, -0.25) is 4.79 Å². The maximum atomic E-state index is 12.6. The maximum absolute atomic E-state index is 12.6. The lowest BCUT2D eigenvalue weighted by atomic mass is 9.96. The quantitative estimate of drug-likeness (QED) is 0.784. The largest absolute Gasteiger partial charge is 0.351 e. The molecule has 1 fully saturated rings. The van der Waals surface area contributed by atoms with Gasteiger partial charge in [-0.2, -0.15) is 8.78 Å². The number of rotatable bonds is 6. The number of nitrogens with one attached hydrogen (secondary N) is 2. The van der Waals surface area contributed by atoms with Gasteiger partial charge in [0.1, 0.15) is 4.88 Å². The summed E-state index contributed by atoms with van der Waals surface area (Å²) in [6.45, 7) is 2.31. The van der Waals surface area contributed by atoms with Gasteiger partial charge in [0.15, 0.2) is 0 Å². The molecule has 0 spiro atoms. The molecule has 1 amide bonds. The van der Waals surface area contributed by atoms with E-state index in [9.17, 15) is 22.0 Å². The summed E-state index contributed by atoms with van der Waals surface area (Å²) in [6, 6.07) is 1.05. The van der Waals surface area contributed by atoms with Crippen LogP contribution in [0.15, 0.2) is 16.3 Å². The second-order valence-electron chi connectivity index (χ2n) is 5.18. The molecule has 1 unspecified atom stereocenters. The first-order valence-electron chi connectivity index (χ1n) is 7.01. The Balaban J connectivity index is 0.00000264. The van der Waals surface area contributed by atoms with E-state index in [0.29, 0.717) is 12.5 Å². The fourth-order valence-corrected chi connectivity index (χ4v) is 4.51. The van der Waals surface area contributed by atoms with E-state index in [1.165, 1.54) is 5.38 Å². The number of hydrogen-bond acceptors (Lipinski definition) is 5. The third kappa shape index (κ3) is 5.10. The summed E-state index contributed by atoms with van der Waals surface area (Å²) in [7, 11) is -4.75. The number of carbonyl (C=O) groups excluding carboxylic acids is 1. The van der Waals surface area contributed by atoms with Gasteiger partial charge in [-0.05, 0) is 49.7 Å². The normalized spacial score (nSPS) is 18.5. The summed E-state index contributed by atoms with van der Waals surface area (Å²) < 4.78 is 48.2. The lowest BCUT2D eigenvalue weighted by Gasteiger charge is -2.22. The average molecular weight is 389 g/mol. The summed E-state index contributed by atoms with van der Waals surface area (Å²) in [6.07, 6.45) is 2.97. The third-order valence-electron chi connectivity index (χ3n) is 3.61. The SMILES string of the molecule is Cl.O=C(NCCC1CCCNC1)c1sccc1S(=O)(=O)C(F)F. The molecule has 0 bridgehead atoms. The van der Waals surface area contributed by atoms with E-state index < -0.39 is 26.4 Å². The van der Waals surface area contributed by atoms with Crippen molar-refractivity contribution in [1.29, 1.82) is 0 Å². The molecule has 10 heteroatoms. The molecular formula is C13H19ClF2N2O3S2. The van der Waals surface area contributed by atoms with E-state index in [2.05, 4.69) is 10.6 Å². The number of piperidine rings is 1. The van der Waals surface area contributed by atoms with Crippen LogP contribution in [0.5, 0.6) is 0 Å². The Labute approximate surface area is 144 Å². The highest BCUT2D eigenvalue weighted by molar-refractivity contribution is 7.92. The molecule has 1 saturated heterocycles. The molecular weight excluding hydrogens is 370 g/mol. The van der Waals surface area contributed by atoms with Gasteiger partial charge < -0.3 is 10.6 Å². The lowest BCUT2D eigenvalue weighted by Crippen LogP contribution is -2.33. The fourth-order valence-electron chi connectivity index (χ4n) is 2.42. The smallest absolute Gasteiger partial charge is 0.341 e. The van der Waals surface area contributed by atoms with Crippen LogP contribution in [0.25, 0.3) is 0 Å². The fraction of sp³-hybridized carbons (Fsp3) is 0.615. The summed E-state index contributed by atoms with van der Waals surface area (Å²) in [4.78, 5) is 11.2. The molecule has 1 aliphatic rings. The van der Waals surface area contributed by atoms with E-state index in [4.69, 9.17) is 0 Å². The van der Waals surface area contributed by atoms with Gasteiger partial charge in [0.05, 0.1) is 4.90 Å². The van der Waals surface area contributed by atoms with Crippen molar-refractivity contribution in [2.45, 2.75) is 29.9 Å². The minimum Gasteiger partial charge on any atom is -0.351 e. The molecule has 2 N–H and O–H groups in total. The molecule has 0 aromatic carbocycles. The molecule has 1 aromatic heterocycles. The minimum atomic E-state index is -4.75. The highest BCUT2D eigenvalue weighted by atomic mass is 35.5. The zero-order chi connectivity index (χ0) is 16.2. The van der Waals surface area contributed by atoms with Crippen molar-refractivity contribution < 1.29 is 22.0 Å². The van der Waals surface area contributed by atoms with Crippen molar-refractivity contribution in [3.05, 3.63) is 16.3 Å². The Bertz CT molecular complexity index is 616. The zero-order valence-corrected chi connectivity index (χ0v) is 14.7. The van der Waals surface area contributed by atoms with Crippen molar-refractivity contribution >= 4 is 39.5 Å². The van der Waals surface area contributed by atoms with E-state index in [0.717, 1.165) is 49.8 Å². The molecule has 1 atom stereocenters. The number of hydrogen-bond donors (Lipinski definition) is 2. The molecule has 5 nitrogen and oxygen atoms in total. The first-order valence-corrected chi connectivity index (χ1v) is 9.44. The standard InChI is InChI=1S/C13H18F2N2O3S2.ClH/c14-13(15)22(19,20)10-4-7-21-11(10)12(18)17-6-3-9-2-1-5-16-8-9;/h4,7,9,13,16H,1-3,5-6,8H2,(H,17,18);1H. The van der Waals surface area contributed by atoms with Crippen LogP contribution < -0.4 is 10.6 Å². The van der Waals surface area contributed by atoms with Gasteiger partial charge in [-0.1, -0.05) is 0 Å². The van der Waals surface area contributed by atoms with E-state index in [-0.39, 0.29) is 17.3 Å². The van der Waals surface area contributed by atoms with Gasteiger partial charge in [0.25, 0.3) is 5.91 Å².